The number of nitrogens with two attached hydrogens (primary N) is 1. The number of hydrogen-bond donors (Lipinski definition) is 8. The molecule has 0 saturated carbocycles. The Bertz CT molecular complexity index is 1260. The number of aliphatic hydroxyl groups is 1. The van der Waals surface area contributed by atoms with Gasteiger partial charge in [0.15, 0.2) is 0 Å². The predicted molar refractivity (Wildman–Crippen MR) is 138 cm³/mol. The summed E-state index contributed by atoms with van der Waals surface area (Å²) < 4.78 is 0. The van der Waals surface area contributed by atoms with Crippen LogP contribution in [0.25, 0.3) is 10.9 Å². The number of aromatic amines is 2. The number of carbonyl (C=O) groups excluding carboxylic acids is 3. The number of hydrogen-bond acceptors (Lipinski definition) is 7. The minimum absolute atomic E-state index is 0.000884. The first-order valence-electron chi connectivity index (χ1n) is 12.1. The number of para-hydroxylation sites is 1. The lowest BCUT2D eigenvalue weighted by atomic mass is 10.0. The highest BCUT2D eigenvalue weighted by Gasteiger charge is 2.32. The highest BCUT2D eigenvalue weighted by Crippen LogP contribution is 2.19. The van der Waals surface area contributed by atoms with Crippen LogP contribution >= 0.6 is 0 Å². The van der Waals surface area contributed by atoms with Gasteiger partial charge in [0.05, 0.1) is 12.9 Å². The molecule has 0 aliphatic rings. The van der Waals surface area contributed by atoms with Crippen LogP contribution in [0.4, 0.5) is 0 Å². The third kappa shape index (κ3) is 7.17. The van der Waals surface area contributed by atoms with E-state index in [0.717, 1.165) is 16.5 Å². The van der Waals surface area contributed by atoms with E-state index >= 15 is 0 Å². The fourth-order valence-corrected chi connectivity index (χ4v) is 3.96. The molecule has 13 heteroatoms. The van der Waals surface area contributed by atoms with Crippen molar-refractivity contribution in [2.24, 2.45) is 11.7 Å². The Hall–Kier alpha value is -4.23. The zero-order valence-corrected chi connectivity index (χ0v) is 21.1. The first-order valence-corrected chi connectivity index (χ1v) is 12.1. The monoisotopic (exact) mass is 527 g/mol. The highest BCUT2D eigenvalue weighted by molar-refractivity contribution is 5.95. The molecule has 4 unspecified atom stereocenters. The quantitative estimate of drug-likeness (QED) is 0.140. The van der Waals surface area contributed by atoms with Gasteiger partial charge < -0.3 is 41.9 Å². The van der Waals surface area contributed by atoms with Gasteiger partial charge in [0.1, 0.15) is 24.2 Å². The van der Waals surface area contributed by atoms with Crippen LogP contribution in [0.5, 0.6) is 0 Å². The number of carboxylic acids is 1. The molecule has 0 saturated heterocycles. The van der Waals surface area contributed by atoms with E-state index in [-0.39, 0.29) is 12.8 Å². The molecule has 3 aromatic rings. The smallest absolute Gasteiger partial charge is 0.326 e. The molecule has 1 aromatic carbocycles. The van der Waals surface area contributed by atoms with Crippen LogP contribution in [-0.4, -0.2) is 79.6 Å². The Labute approximate surface area is 218 Å². The summed E-state index contributed by atoms with van der Waals surface area (Å²) in [5.74, 6) is -3.75. The predicted octanol–water partition coefficient (Wildman–Crippen LogP) is -0.809. The molecule has 4 atom stereocenters. The number of benzene rings is 1. The summed E-state index contributed by atoms with van der Waals surface area (Å²) in [4.78, 5) is 60.7. The van der Waals surface area contributed by atoms with Crippen molar-refractivity contribution in [1.82, 2.24) is 30.9 Å². The summed E-state index contributed by atoms with van der Waals surface area (Å²) in [5.41, 5.74) is 7.70. The zero-order valence-electron chi connectivity index (χ0n) is 21.1. The summed E-state index contributed by atoms with van der Waals surface area (Å²) >= 11 is 0. The number of H-pyrrole nitrogens is 2. The lowest BCUT2D eigenvalue weighted by Crippen LogP contribution is -2.58. The van der Waals surface area contributed by atoms with E-state index in [4.69, 9.17) is 5.73 Å². The highest BCUT2D eigenvalue weighted by atomic mass is 16.4. The van der Waals surface area contributed by atoms with E-state index in [1.807, 2.05) is 24.3 Å². The molecule has 38 heavy (non-hydrogen) atoms. The number of aliphatic hydroxyl groups excluding tert-OH is 1. The number of carboxylic acid groups (broad SMARTS) is 1. The van der Waals surface area contributed by atoms with E-state index in [1.165, 1.54) is 12.5 Å². The molecule has 0 radical (unpaired) electrons. The number of amides is 3. The second-order valence-corrected chi connectivity index (χ2v) is 9.32. The van der Waals surface area contributed by atoms with Gasteiger partial charge in [-0.25, -0.2) is 9.78 Å². The van der Waals surface area contributed by atoms with E-state index in [1.54, 1.807) is 20.0 Å². The number of aromatic nitrogens is 3. The van der Waals surface area contributed by atoms with Gasteiger partial charge in [0.25, 0.3) is 0 Å². The summed E-state index contributed by atoms with van der Waals surface area (Å²) in [6.07, 6.45) is 4.66. The van der Waals surface area contributed by atoms with Gasteiger partial charge in [-0.1, -0.05) is 32.0 Å². The maximum Gasteiger partial charge on any atom is 0.326 e. The molecule has 0 aliphatic heterocycles. The van der Waals surface area contributed by atoms with Crippen molar-refractivity contribution < 1.29 is 29.4 Å². The molecule has 3 amide bonds. The standard InChI is InChI=1S/C25H33N7O6/c1-13(2)21(25(37)38)32-24(36)19(7-14-9-28-18-6-4-3-5-16(14)18)31-23(35)20(8-15-10-27-12-29-15)30-22(34)17(26)11-33/h3-6,9-10,12-13,17,19-21,28,33H,7-8,11,26H2,1-2H3,(H,27,29)(H,30,34)(H,31,35)(H,32,36)(H,37,38). The minimum atomic E-state index is -1.25. The van der Waals surface area contributed by atoms with Gasteiger partial charge in [0, 0.05) is 41.8 Å². The molecule has 0 spiro atoms. The fraction of sp³-hybridized carbons (Fsp3) is 0.400. The number of nitrogens with one attached hydrogen (secondary N) is 5. The normalized spacial score (nSPS) is 14.4. The van der Waals surface area contributed by atoms with Crippen LogP contribution in [0.2, 0.25) is 0 Å². The van der Waals surface area contributed by atoms with Gasteiger partial charge in [-0.3, -0.25) is 14.4 Å². The molecular formula is C25H33N7O6. The zero-order chi connectivity index (χ0) is 27.8. The van der Waals surface area contributed by atoms with Crippen molar-refractivity contribution in [3.8, 4) is 0 Å². The first-order chi connectivity index (χ1) is 18.1. The van der Waals surface area contributed by atoms with Gasteiger partial charge in [-0.15, -0.1) is 0 Å². The largest absolute Gasteiger partial charge is 0.480 e. The number of nitrogens with zero attached hydrogens (tertiary/aromatic N) is 1. The Morgan fingerprint density at radius 1 is 0.974 bits per heavy atom. The van der Waals surface area contributed by atoms with E-state index < -0.39 is 60.4 Å². The molecule has 0 fully saturated rings. The number of imidazole rings is 1. The number of rotatable bonds is 13. The van der Waals surface area contributed by atoms with Crippen LogP contribution in [0, 0.1) is 5.92 Å². The number of carbonyl (C=O) groups is 4. The van der Waals surface area contributed by atoms with Crippen LogP contribution < -0.4 is 21.7 Å². The average Bonchev–Trinajstić information content (AvgIpc) is 3.55. The Morgan fingerprint density at radius 3 is 2.26 bits per heavy atom. The second-order valence-electron chi connectivity index (χ2n) is 9.32. The molecule has 0 aliphatic carbocycles. The van der Waals surface area contributed by atoms with Crippen LogP contribution in [-0.2, 0) is 32.0 Å². The van der Waals surface area contributed by atoms with Crippen LogP contribution in [0.3, 0.4) is 0 Å². The van der Waals surface area contributed by atoms with Gasteiger partial charge in [-0.2, -0.15) is 0 Å². The third-order valence-electron chi connectivity index (χ3n) is 6.11. The summed E-state index contributed by atoms with van der Waals surface area (Å²) in [6, 6.07) is 2.67. The van der Waals surface area contributed by atoms with Gasteiger partial charge in [0.2, 0.25) is 17.7 Å². The summed E-state index contributed by atoms with van der Waals surface area (Å²) in [6.45, 7) is 2.70. The van der Waals surface area contributed by atoms with Crippen molar-refractivity contribution in [3.63, 3.8) is 0 Å². The van der Waals surface area contributed by atoms with E-state index in [9.17, 15) is 29.4 Å². The number of aliphatic carboxylic acids is 1. The van der Waals surface area contributed by atoms with Crippen molar-refractivity contribution >= 4 is 34.6 Å². The molecule has 2 heterocycles. The first kappa shape index (κ1) is 28.3. The lowest BCUT2D eigenvalue weighted by molar-refractivity contribution is -0.143. The Morgan fingerprint density at radius 2 is 1.63 bits per heavy atom. The van der Waals surface area contributed by atoms with Crippen LogP contribution in [0.15, 0.2) is 43.0 Å². The molecule has 3 rings (SSSR count). The molecule has 9 N–H and O–H groups in total. The van der Waals surface area contributed by atoms with E-state index in [2.05, 4.69) is 30.9 Å². The van der Waals surface area contributed by atoms with Crippen LogP contribution in [0.1, 0.15) is 25.1 Å². The van der Waals surface area contributed by atoms with E-state index in [0.29, 0.717) is 5.69 Å². The molecule has 13 nitrogen and oxygen atoms in total. The van der Waals surface area contributed by atoms with Crippen molar-refractivity contribution in [2.45, 2.75) is 50.9 Å². The summed E-state index contributed by atoms with van der Waals surface area (Å²) in [5, 5.41) is 27.3. The van der Waals surface area contributed by atoms with Gasteiger partial charge >= 0.3 is 5.97 Å². The number of fused-ring (bicyclic) bond motifs is 1. The molecule has 204 valence electrons. The molecular weight excluding hydrogens is 494 g/mol. The average molecular weight is 528 g/mol. The van der Waals surface area contributed by atoms with Gasteiger partial charge in [-0.05, 0) is 17.5 Å². The van der Waals surface area contributed by atoms with Crippen molar-refractivity contribution in [2.75, 3.05) is 6.61 Å². The minimum Gasteiger partial charge on any atom is -0.480 e. The third-order valence-corrected chi connectivity index (χ3v) is 6.11. The molecule has 0 bridgehead atoms. The lowest BCUT2D eigenvalue weighted by Gasteiger charge is -2.26. The van der Waals surface area contributed by atoms with Crippen molar-refractivity contribution in [1.29, 1.82) is 0 Å². The topological polar surface area (TPSA) is 215 Å². The fourth-order valence-electron chi connectivity index (χ4n) is 3.96. The molecule has 2 aromatic heterocycles. The maximum atomic E-state index is 13.4. The second kappa shape index (κ2) is 12.8. The Kier molecular flexibility index (Phi) is 9.57. The van der Waals surface area contributed by atoms with Crippen molar-refractivity contribution in [3.05, 3.63) is 54.2 Å². The SMILES string of the molecule is CC(C)C(NC(=O)C(Cc1c[nH]c2ccccc12)NC(=O)C(Cc1cnc[nH]1)NC(=O)C(N)CO)C(=O)O. The Balaban J connectivity index is 1.88. The summed E-state index contributed by atoms with van der Waals surface area (Å²) in [7, 11) is 0. The maximum absolute atomic E-state index is 13.4.